The lowest BCUT2D eigenvalue weighted by Crippen LogP contribution is -2.21. The SMILES string of the molecule is Nc1cccc(OCC(O)CO)c1N. The van der Waals surface area contributed by atoms with E-state index < -0.39 is 6.10 Å². The summed E-state index contributed by atoms with van der Waals surface area (Å²) >= 11 is 0. The summed E-state index contributed by atoms with van der Waals surface area (Å²) < 4.78 is 5.16. The van der Waals surface area contributed by atoms with Crippen LogP contribution in [-0.4, -0.2) is 29.5 Å². The lowest BCUT2D eigenvalue weighted by Gasteiger charge is -2.12. The van der Waals surface area contributed by atoms with Gasteiger partial charge in [-0.25, -0.2) is 0 Å². The summed E-state index contributed by atoms with van der Waals surface area (Å²) in [6.45, 7) is -0.355. The third-order valence-corrected chi connectivity index (χ3v) is 1.74. The van der Waals surface area contributed by atoms with Crippen LogP contribution in [0, 0.1) is 0 Å². The molecular weight excluding hydrogens is 184 g/mol. The Balaban J connectivity index is 2.63. The van der Waals surface area contributed by atoms with Gasteiger partial charge in [-0.1, -0.05) is 6.07 Å². The van der Waals surface area contributed by atoms with Gasteiger partial charge in [0.25, 0.3) is 0 Å². The highest BCUT2D eigenvalue weighted by Crippen LogP contribution is 2.26. The Morgan fingerprint density at radius 1 is 1.36 bits per heavy atom. The van der Waals surface area contributed by atoms with Crippen molar-refractivity contribution < 1.29 is 14.9 Å². The van der Waals surface area contributed by atoms with Crippen LogP contribution in [0.2, 0.25) is 0 Å². The number of aliphatic hydroxyl groups excluding tert-OH is 2. The van der Waals surface area contributed by atoms with Crippen LogP contribution in [0.3, 0.4) is 0 Å². The average molecular weight is 198 g/mol. The molecule has 6 N–H and O–H groups in total. The number of benzene rings is 1. The first-order valence-electron chi connectivity index (χ1n) is 4.21. The van der Waals surface area contributed by atoms with Crippen LogP contribution in [0.15, 0.2) is 18.2 Å². The zero-order valence-corrected chi connectivity index (χ0v) is 7.68. The molecule has 5 nitrogen and oxygen atoms in total. The van der Waals surface area contributed by atoms with Crippen LogP contribution in [0.25, 0.3) is 0 Å². The fraction of sp³-hybridized carbons (Fsp3) is 0.333. The standard InChI is InChI=1S/C9H14N2O3/c10-7-2-1-3-8(9(7)11)14-5-6(13)4-12/h1-3,6,12-13H,4-5,10-11H2. The molecule has 5 heteroatoms. The molecule has 0 saturated carbocycles. The van der Waals surface area contributed by atoms with Crippen LogP contribution in [0.5, 0.6) is 5.75 Å². The van der Waals surface area contributed by atoms with E-state index in [1.807, 2.05) is 0 Å². The van der Waals surface area contributed by atoms with Crippen molar-refractivity contribution >= 4 is 11.4 Å². The maximum Gasteiger partial charge on any atom is 0.144 e. The summed E-state index contributed by atoms with van der Waals surface area (Å²) in [5.41, 5.74) is 11.9. The topological polar surface area (TPSA) is 102 Å². The summed E-state index contributed by atoms with van der Waals surface area (Å²) in [5, 5.41) is 17.6. The van der Waals surface area contributed by atoms with Crippen LogP contribution in [0.4, 0.5) is 11.4 Å². The lowest BCUT2D eigenvalue weighted by atomic mass is 10.2. The molecule has 0 amide bonds. The van der Waals surface area contributed by atoms with E-state index in [1.54, 1.807) is 18.2 Å². The van der Waals surface area contributed by atoms with E-state index in [-0.39, 0.29) is 13.2 Å². The zero-order chi connectivity index (χ0) is 10.6. The van der Waals surface area contributed by atoms with Crippen molar-refractivity contribution in [1.29, 1.82) is 0 Å². The van der Waals surface area contributed by atoms with E-state index >= 15 is 0 Å². The number of anilines is 2. The van der Waals surface area contributed by atoms with Crippen molar-refractivity contribution in [2.45, 2.75) is 6.10 Å². The Morgan fingerprint density at radius 3 is 2.71 bits per heavy atom. The fourth-order valence-corrected chi connectivity index (χ4v) is 0.926. The van der Waals surface area contributed by atoms with E-state index in [0.29, 0.717) is 17.1 Å². The predicted molar refractivity (Wildman–Crippen MR) is 53.9 cm³/mol. The maximum atomic E-state index is 9.03. The quantitative estimate of drug-likeness (QED) is 0.492. The number of para-hydroxylation sites is 1. The Hall–Kier alpha value is -1.46. The second kappa shape index (κ2) is 4.69. The zero-order valence-electron chi connectivity index (χ0n) is 7.68. The molecule has 0 aliphatic rings. The summed E-state index contributed by atoms with van der Waals surface area (Å²) in [6.07, 6.45) is -0.907. The molecule has 1 aromatic carbocycles. The number of aliphatic hydroxyl groups is 2. The molecule has 0 saturated heterocycles. The molecule has 0 heterocycles. The van der Waals surface area contributed by atoms with Gasteiger partial charge >= 0.3 is 0 Å². The predicted octanol–water partition coefficient (Wildman–Crippen LogP) is -0.417. The molecule has 0 bridgehead atoms. The molecule has 14 heavy (non-hydrogen) atoms. The Labute approximate surface area is 81.9 Å². The number of hydrogen-bond donors (Lipinski definition) is 4. The van der Waals surface area contributed by atoms with Crippen LogP contribution in [-0.2, 0) is 0 Å². The molecular formula is C9H14N2O3. The number of hydrogen-bond acceptors (Lipinski definition) is 5. The number of nitrogen functional groups attached to an aromatic ring is 2. The summed E-state index contributed by atoms with van der Waals surface area (Å²) in [7, 11) is 0. The number of rotatable bonds is 4. The normalized spacial score (nSPS) is 12.4. The Morgan fingerprint density at radius 2 is 2.07 bits per heavy atom. The minimum atomic E-state index is -0.907. The van der Waals surface area contributed by atoms with Gasteiger partial charge in [0.05, 0.1) is 18.0 Å². The van der Waals surface area contributed by atoms with Crippen molar-refractivity contribution in [2.75, 3.05) is 24.7 Å². The monoisotopic (exact) mass is 198 g/mol. The van der Waals surface area contributed by atoms with Gasteiger partial charge in [-0.05, 0) is 12.1 Å². The number of ether oxygens (including phenoxy) is 1. The summed E-state index contributed by atoms with van der Waals surface area (Å²) in [6, 6.07) is 5.01. The minimum Gasteiger partial charge on any atom is -0.489 e. The smallest absolute Gasteiger partial charge is 0.144 e. The molecule has 0 aliphatic heterocycles. The molecule has 78 valence electrons. The molecule has 0 aromatic heterocycles. The third kappa shape index (κ3) is 2.51. The minimum absolute atomic E-state index is 0.00977. The van der Waals surface area contributed by atoms with Gasteiger partial charge in [0, 0.05) is 0 Å². The van der Waals surface area contributed by atoms with Gasteiger partial charge in [0.1, 0.15) is 18.5 Å². The summed E-state index contributed by atoms with van der Waals surface area (Å²) in [5.74, 6) is 0.414. The maximum absolute atomic E-state index is 9.03. The van der Waals surface area contributed by atoms with Gasteiger partial charge in [0.15, 0.2) is 0 Å². The van der Waals surface area contributed by atoms with E-state index in [0.717, 1.165) is 0 Å². The lowest BCUT2D eigenvalue weighted by molar-refractivity contribution is 0.0539. The fourth-order valence-electron chi connectivity index (χ4n) is 0.926. The summed E-state index contributed by atoms with van der Waals surface area (Å²) in [4.78, 5) is 0. The van der Waals surface area contributed by atoms with Crippen LogP contribution >= 0.6 is 0 Å². The Kier molecular flexibility index (Phi) is 3.55. The van der Waals surface area contributed by atoms with Crippen molar-refractivity contribution in [3.05, 3.63) is 18.2 Å². The first-order valence-corrected chi connectivity index (χ1v) is 4.21. The Bertz CT molecular complexity index is 304. The first kappa shape index (κ1) is 10.6. The molecule has 1 atom stereocenters. The van der Waals surface area contributed by atoms with Gasteiger partial charge < -0.3 is 26.4 Å². The molecule has 1 rings (SSSR count). The van der Waals surface area contributed by atoms with Crippen molar-refractivity contribution in [3.8, 4) is 5.75 Å². The molecule has 0 radical (unpaired) electrons. The van der Waals surface area contributed by atoms with Crippen molar-refractivity contribution in [2.24, 2.45) is 0 Å². The highest BCUT2D eigenvalue weighted by atomic mass is 16.5. The van der Waals surface area contributed by atoms with Gasteiger partial charge in [-0.3, -0.25) is 0 Å². The second-order valence-electron chi connectivity index (χ2n) is 2.91. The molecule has 0 aliphatic carbocycles. The largest absolute Gasteiger partial charge is 0.489 e. The van der Waals surface area contributed by atoms with Gasteiger partial charge in [-0.15, -0.1) is 0 Å². The molecule has 0 fully saturated rings. The number of nitrogens with two attached hydrogens (primary N) is 2. The highest BCUT2D eigenvalue weighted by molar-refractivity contribution is 5.70. The highest BCUT2D eigenvalue weighted by Gasteiger charge is 2.06. The second-order valence-corrected chi connectivity index (χ2v) is 2.91. The van der Waals surface area contributed by atoms with Crippen molar-refractivity contribution in [3.63, 3.8) is 0 Å². The van der Waals surface area contributed by atoms with E-state index in [4.69, 9.17) is 26.4 Å². The van der Waals surface area contributed by atoms with E-state index in [2.05, 4.69) is 0 Å². The average Bonchev–Trinajstić information content (AvgIpc) is 2.20. The van der Waals surface area contributed by atoms with Gasteiger partial charge in [-0.2, -0.15) is 0 Å². The van der Waals surface area contributed by atoms with E-state index in [1.165, 1.54) is 0 Å². The molecule has 1 unspecified atom stereocenters. The first-order chi connectivity index (χ1) is 6.65. The van der Waals surface area contributed by atoms with Crippen LogP contribution in [0.1, 0.15) is 0 Å². The molecule has 1 aromatic rings. The third-order valence-electron chi connectivity index (χ3n) is 1.74. The van der Waals surface area contributed by atoms with Crippen LogP contribution < -0.4 is 16.2 Å². The molecule has 0 spiro atoms. The van der Waals surface area contributed by atoms with E-state index in [9.17, 15) is 0 Å². The van der Waals surface area contributed by atoms with Crippen molar-refractivity contribution in [1.82, 2.24) is 0 Å². The van der Waals surface area contributed by atoms with Gasteiger partial charge in [0.2, 0.25) is 0 Å².